The number of aromatic nitrogens is 3. The van der Waals surface area contributed by atoms with Crippen LogP contribution in [0.4, 0.5) is 5.82 Å². The number of rotatable bonds is 11. The molecule has 0 aliphatic carbocycles. The van der Waals surface area contributed by atoms with Crippen molar-refractivity contribution in [2.24, 2.45) is 11.8 Å². The Labute approximate surface area is 214 Å². The highest BCUT2D eigenvalue weighted by Crippen LogP contribution is 2.42. The predicted octanol–water partition coefficient (Wildman–Crippen LogP) is 0.745. The Kier molecular flexibility index (Phi) is 8.23. The predicted molar refractivity (Wildman–Crippen MR) is 128 cm³/mol. The van der Waals surface area contributed by atoms with Crippen LogP contribution in [0.5, 0.6) is 0 Å². The molecule has 2 aliphatic heterocycles. The van der Waals surface area contributed by atoms with E-state index in [4.69, 9.17) is 29.4 Å². The maximum atomic E-state index is 12.4. The number of esters is 2. The maximum Gasteiger partial charge on any atom is 0.322 e. The van der Waals surface area contributed by atoms with E-state index in [9.17, 15) is 14.9 Å². The van der Waals surface area contributed by atoms with Crippen LogP contribution in [0.1, 0.15) is 39.0 Å². The van der Waals surface area contributed by atoms with E-state index >= 15 is 0 Å². The van der Waals surface area contributed by atoms with Crippen LogP contribution in [0.25, 0.3) is 5.52 Å². The van der Waals surface area contributed by atoms with Crippen LogP contribution in [0.2, 0.25) is 0 Å². The van der Waals surface area contributed by atoms with Crippen molar-refractivity contribution >= 4 is 23.3 Å². The highest BCUT2D eigenvalue weighted by molar-refractivity contribution is 5.75. The van der Waals surface area contributed by atoms with E-state index < -0.39 is 41.7 Å². The minimum absolute atomic E-state index is 0.0527. The molecule has 0 saturated carbocycles. The number of hydrogen-bond acceptors (Lipinski definition) is 12. The van der Waals surface area contributed by atoms with Gasteiger partial charge in [0.2, 0.25) is 5.60 Å². The van der Waals surface area contributed by atoms with Gasteiger partial charge in [0.1, 0.15) is 36.2 Å². The summed E-state index contributed by atoms with van der Waals surface area (Å²) in [5, 5.41) is 17.3. The highest BCUT2D eigenvalue weighted by Gasteiger charge is 2.53. The maximum absolute atomic E-state index is 12.4. The first-order chi connectivity index (χ1) is 17.7. The normalized spacial score (nSPS) is 24.5. The topological polar surface area (TPSA) is 172 Å². The van der Waals surface area contributed by atoms with E-state index in [1.165, 1.54) is 6.33 Å². The van der Waals surface area contributed by atoms with Gasteiger partial charge in [-0.05, 0) is 19.1 Å². The van der Waals surface area contributed by atoms with Crippen LogP contribution >= 0.6 is 0 Å². The van der Waals surface area contributed by atoms with Crippen molar-refractivity contribution in [2.45, 2.75) is 51.0 Å². The molecule has 2 aliphatic rings. The number of nitriles is 1. The summed E-state index contributed by atoms with van der Waals surface area (Å²) in [7, 11) is 0. The number of nitrogens with two attached hydrogens (primary N) is 1. The lowest BCUT2D eigenvalue weighted by atomic mass is 9.98. The number of nitrogens with one attached hydrogen (secondary N) is 1. The molecule has 2 aromatic heterocycles. The van der Waals surface area contributed by atoms with E-state index in [0.29, 0.717) is 36.8 Å². The van der Waals surface area contributed by atoms with E-state index in [-0.39, 0.29) is 25.7 Å². The van der Waals surface area contributed by atoms with Gasteiger partial charge in [0, 0.05) is 12.3 Å². The quantitative estimate of drug-likeness (QED) is 0.244. The molecule has 0 unspecified atom stereocenters. The zero-order valence-corrected chi connectivity index (χ0v) is 21.1. The van der Waals surface area contributed by atoms with E-state index in [2.05, 4.69) is 21.5 Å². The van der Waals surface area contributed by atoms with E-state index in [0.717, 1.165) is 0 Å². The SMILES string of the molecule is CC(C)C(=O)O[C@H]1C[C@H](c2ccc3c(N)ncnn23)O[C@]1(C#N)COCN[C@@H](C)C(=O)OCC1COC1. The third-order valence-electron chi connectivity index (χ3n) is 6.39. The van der Waals surface area contributed by atoms with Crippen molar-refractivity contribution in [1.29, 1.82) is 5.26 Å². The summed E-state index contributed by atoms with van der Waals surface area (Å²) < 4.78 is 29.5. The summed E-state index contributed by atoms with van der Waals surface area (Å²) in [6.45, 7) is 6.32. The molecule has 0 amide bonds. The summed E-state index contributed by atoms with van der Waals surface area (Å²) in [6, 6.07) is 5.08. The van der Waals surface area contributed by atoms with Gasteiger partial charge in [-0.15, -0.1) is 0 Å². The lowest BCUT2D eigenvalue weighted by molar-refractivity contribution is -0.164. The van der Waals surface area contributed by atoms with Gasteiger partial charge in [-0.2, -0.15) is 10.4 Å². The van der Waals surface area contributed by atoms with Crippen molar-refractivity contribution in [2.75, 3.05) is 38.9 Å². The fourth-order valence-corrected chi connectivity index (χ4v) is 4.01. The van der Waals surface area contributed by atoms with Crippen molar-refractivity contribution < 1.29 is 33.3 Å². The Morgan fingerprint density at radius 3 is 2.78 bits per heavy atom. The second-order valence-corrected chi connectivity index (χ2v) is 9.58. The van der Waals surface area contributed by atoms with Crippen LogP contribution in [0.15, 0.2) is 18.5 Å². The molecule has 4 heterocycles. The molecule has 13 nitrogen and oxygen atoms in total. The van der Waals surface area contributed by atoms with Crippen molar-refractivity contribution in [3.63, 3.8) is 0 Å². The first kappa shape index (κ1) is 26.7. The average molecular weight is 517 g/mol. The molecule has 2 aromatic rings. The van der Waals surface area contributed by atoms with Gasteiger partial charge in [0.05, 0.1) is 44.8 Å². The second kappa shape index (κ2) is 11.4. The molecule has 200 valence electrons. The van der Waals surface area contributed by atoms with Gasteiger partial charge in [0.25, 0.3) is 0 Å². The monoisotopic (exact) mass is 516 g/mol. The van der Waals surface area contributed by atoms with E-state index in [1.807, 2.05) is 0 Å². The van der Waals surface area contributed by atoms with Gasteiger partial charge >= 0.3 is 11.9 Å². The third-order valence-corrected chi connectivity index (χ3v) is 6.39. The summed E-state index contributed by atoms with van der Waals surface area (Å²) in [5.74, 6) is -0.712. The Balaban J connectivity index is 1.41. The molecular weight excluding hydrogens is 484 g/mol. The average Bonchev–Trinajstić information content (AvgIpc) is 3.43. The lowest BCUT2D eigenvalue weighted by Gasteiger charge is -2.28. The number of anilines is 1. The molecule has 0 bridgehead atoms. The third kappa shape index (κ3) is 5.83. The molecule has 2 fully saturated rings. The fourth-order valence-electron chi connectivity index (χ4n) is 4.01. The molecule has 2 saturated heterocycles. The first-order valence-electron chi connectivity index (χ1n) is 12.2. The van der Waals surface area contributed by atoms with Gasteiger partial charge in [-0.25, -0.2) is 9.50 Å². The summed E-state index contributed by atoms with van der Waals surface area (Å²) >= 11 is 0. The van der Waals surface area contributed by atoms with Crippen LogP contribution < -0.4 is 11.1 Å². The van der Waals surface area contributed by atoms with Crippen molar-refractivity contribution in [1.82, 2.24) is 19.9 Å². The minimum atomic E-state index is -1.58. The summed E-state index contributed by atoms with van der Waals surface area (Å²) in [6.07, 6.45) is 0.0266. The van der Waals surface area contributed by atoms with E-state index in [1.54, 1.807) is 37.4 Å². The lowest BCUT2D eigenvalue weighted by Crippen LogP contribution is -2.47. The number of nitrogen functional groups attached to an aromatic ring is 1. The zero-order chi connectivity index (χ0) is 26.6. The van der Waals surface area contributed by atoms with Crippen LogP contribution in [0.3, 0.4) is 0 Å². The smallest absolute Gasteiger partial charge is 0.322 e. The zero-order valence-electron chi connectivity index (χ0n) is 21.1. The second-order valence-electron chi connectivity index (χ2n) is 9.58. The molecule has 37 heavy (non-hydrogen) atoms. The molecule has 0 spiro atoms. The fraction of sp³-hybridized carbons (Fsp3) is 0.625. The Morgan fingerprint density at radius 2 is 2.11 bits per heavy atom. The Hall–Kier alpha value is -3.31. The van der Waals surface area contributed by atoms with Crippen molar-refractivity contribution in [3.8, 4) is 6.07 Å². The van der Waals surface area contributed by atoms with Crippen molar-refractivity contribution in [3.05, 3.63) is 24.2 Å². The molecule has 13 heteroatoms. The van der Waals surface area contributed by atoms with Crippen LogP contribution in [-0.4, -0.2) is 77.4 Å². The largest absolute Gasteiger partial charge is 0.464 e. The van der Waals surface area contributed by atoms with Crippen LogP contribution in [0, 0.1) is 23.2 Å². The molecule has 4 atom stereocenters. The number of hydrogen-bond donors (Lipinski definition) is 2. The van der Waals surface area contributed by atoms with Gasteiger partial charge in [-0.1, -0.05) is 13.8 Å². The number of fused-ring (bicyclic) bond motifs is 1. The number of carbonyl (C=O) groups is 2. The summed E-state index contributed by atoms with van der Waals surface area (Å²) in [4.78, 5) is 28.6. The van der Waals surface area contributed by atoms with Gasteiger partial charge < -0.3 is 29.4 Å². The Morgan fingerprint density at radius 1 is 1.32 bits per heavy atom. The van der Waals surface area contributed by atoms with Gasteiger partial charge in [-0.3, -0.25) is 14.9 Å². The minimum Gasteiger partial charge on any atom is -0.464 e. The number of carbonyl (C=O) groups excluding carboxylic acids is 2. The number of ether oxygens (including phenoxy) is 5. The molecule has 0 radical (unpaired) electrons. The Bertz CT molecular complexity index is 1160. The highest BCUT2D eigenvalue weighted by atomic mass is 16.6. The van der Waals surface area contributed by atoms with Crippen LogP contribution in [-0.2, 0) is 33.3 Å². The summed E-state index contributed by atoms with van der Waals surface area (Å²) in [5.41, 5.74) is 5.60. The molecule has 3 N–H and O–H groups in total. The number of nitrogens with zero attached hydrogens (tertiary/aromatic N) is 4. The molecule has 0 aromatic carbocycles. The molecular formula is C24H32N6O7. The standard InChI is InChI=1S/C24H32N6O7/c1-14(2)22(31)36-20-6-19(17-4-5-18-21(26)27-12-29-30(17)18)37-24(20,10-25)11-34-13-28-15(3)23(32)35-9-16-7-33-8-16/h4-5,12,14-16,19-20,28H,6-9,11,13H2,1-3H3,(H2,26,27,29)/t15-,19+,20-,24+/m0/s1. The van der Waals surface area contributed by atoms with Gasteiger partial charge in [0.15, 0.2) is 5.82 Å². The molecule has 4 rings (SSSR count). The first-order valence-corrected chi connectivity index (χ1v) is 12.2.